The fourth-order valence-electron chi connectivity index (χ4n) is 1.74. The molecule has 0 bridgehead atoms. The van der Waals surface area contributed by atoms with Gasteiger partial charge in [0.15, 0.2) is 0 Å². The zero-order valence-corrected chi connectivity index (χ0v) is 13.2. The number of thiophene rings is 1. The van der Waals surface area contributed by atoms with Crippen LogP contribution < -0.4 is 10.6 Å². The number of thiazole rings is 1. The van der Waals surface area contributed by atoms with Gasteiger partial charge in [0.1, 0.15) is 10.7 Å². The molecule has 0 radical (unpaired) electrons. The summed E-state index contributed by atoms with van der Waals surface area (Å²) in [5, 5.41) is 10.8. The third kappa shape index (κ3) is 3.05. The second-order valence-corrected chi connectivity index (χ2v) is 7.09. The second-order valence-electron chi connectivity index (χ2n) is 4.40. The molecule has 0 aliphatic carbocycles. The molecule has 1 aliphatic heterocycles. The molecule has 4 nitrogen and oxygen atoms in total. The molecule has 0 aromatic carbocycles. The first kappa shape index (κ1) is 13.2. The minimum atomic E-state index is -0.0787. The molecular weight excluding hydrogens is 346 g/mol. The van der Waals surface area contributed by atoms with Crippen molar-refractivity contribution in [3.05, 3.63) is 27.0 Å². The van der Waals surface area contributed by atoms with Crippen LogP contribution in [-0.2, 0) is 0 Å². The van der Waals surface area contributed by atoms with Gasteiger partial charge in [-0.05, 0) is 22.0 Å². The van der Waals surface area contributed by atoms with E-state index in [9.17, 15) is 4.79 Å². The first-order valence-electron chi connectivity index (χ1n) is 5.91. The average Bonchev–Trinajstić information content (AvgIpc) is 2.94. The highest BCUT2D eigenvalue weighted by Crippen LogP contribution is 2.31. The average molecular weight is 358 g/mol. The van der Waals surface area contributed by atoms with Crippen molar-refractivity contribution in [1.82, 2.24) is 15.6 Å². The second kappa shape index (κ2) is 5.70. The Kier molecular flexibility index (Phi) is 3.97. The van der Waals surface area contributed by atoms with E-state index in [0.29, 0.717) is 11.6 Å². The topological polar surface area (TPSA) is 54.0 Å². The summed E-state index contributed by atoms with van der Waals surface area (Å²) in [6.07, 6.45) is 0. The van der Waals surface area contributed by atoms with Crippen molar-refractivity contribution in [2.45, 2.75) is 0 Å². The lowest BCUT2D eigenvalue weighted by atomic mass is 10.0. The lowest BCUT2D eigenvalue weighted by molar-refractivity contribution is 0.0938. The van der Waals surface area contributed by atoms with Gasteiger partial charge in [-0.3, -0.25) is 4.79 Å². The quantitative estimate of drug-likeness (QED) is 0.883. The summed E-state index contributed by atoms with van der Waals surface area (Å²) in [5.74, 6) is 0.486. The van der Waals surface area contributed by atoms with Crippen LogP contribution in [0.25, 0.3) is 9.88 Å². The van der Waals surface area contributed by atoms with E-state index in [0.717, 1.165) is 34.0 Å². The number of rotatable bonds is 4. The molecule has 1 amide bonds. The van der Waals surface area contributed by atoms with Crippen molar-refractivity contribution < 1.29 is 4.79 Å². The van der Waals surface area contributed by atoms with E-state index in [4.69, 9.17) is 0 Å². The van der Waals surface area contributed by atoms with E-state index in [1.165, 1.54) is 11.3 Å². The fourth-order valence-corrected chi connectivity index (χ4v) is 4.04. The molecule has 0 unspecified atom stereocenters. The van der Waals surface area contributed by atoms with Gasteiger partial charge < -0.3 is 10.6 Å². The van der Waals surface area contributed by atoms with Crippen LogP contribution in [-0.4, -0.2) is 30.5 Å². The molecule has 2 N–H and O–H groups in total. The monoisotopic (exact) mass is 357 g/mol. The summed E-state index contributed by atoms with van der Waals surface area (Å²) in [6.45, 7) is 2.71. The Labute approximate surface area is 127 Å². The van der Waals surface area contributed by atoms with Gasteiger partial charge in [0, 0.05) is 40.8 Å². The molecule has 1 fully saturated rings. The maximum Gasteiger partial charge on any atom is 0.270 e. The number of amides is 1. The minimum Gasteiger partial charge on any atom is -0.350 e. The number of nitrogens with one attached hydrogen (secondary N) is 2. The van der Waals surface area contributed by atoms with Crippen molar-refractivity contribution >= 4 is 44.5 Å². The largest absolute Gasteiger partial charge is 0.350 e. The Bertz CT molecular complexity index is 591. The number of carbonyl (C=O) groups excluding carboxylic acids is 1. The first-order valence-corrected chi connectivity index (χ1v) is 8.46. The molecule has 3 heterocycles. The van der Waals surface area contributed by atoms with E-state index in [1.807, 2.05) is 16.8 Å². The molecule has 3 rings (SSSR count). The lowest BCUT2D eigenvalue weighted by Gasteiger charge is -2.26. The molecule has 1 saturated heterocycles. The van der Waals surface area contributed by atoms with Crippen molar-refractivity contribution in [3.63, 3.8) is 0 Å². The molecular formula is C12H12BrN3OS2. The highest BCUT2D eigenvalue weighted by molar-refractivity contribution is 9.10. The number of nitrogens with zero attached hydrogens (tertiary/aromatic N) is 1. The number of halogens is 1. The van der Waals surface area contributed by atoms with Gasteiger partial charge in [-0.2, -0.15) is 0 Å². The smallest absolute Gasteiger partial charge is 0.270 e. The SMILES string of the molecule is O=C(NCC1CNC1)c1csc(-c2cc(Br)cs2)n1. The van der Waals surface area contributed by atoms with E-state index in [1.54, 1.807) is 11.3 Å². The third-order valence-corrected chi connectivity index (χ3v) is 5.63. The Morgan fingerprint density at radius 2 is 2.32 bits per heavy atom. The zero-order chi connectivity index (χ0) is 13.2. The number of aromatic nitrogens is 1. The van der Waals surface area contributed by atoms with Gasteiger partial charge in [-0.25, -0.2) is 4.98 Å². The van der Waals surface area contributed by atoms with Gasteiger partial charge >= 0.3 is 0 Å². The van der Waals surface area contributed by atoms with Crippen LogP contribution in [0.15, 0.2) is 21.3 Å². The van der Waals surface area contributed by atoms with Crippen LogP contribution in [0.1, 0.15) is 10.5 Å². The molecule has 19 heavy (non-hydrogen) atoms. The third-order valence-electron chi connectivity index (χ3n) is 2.93. The van der Waals surface area contributed by atoms with Crippen LogP contribution in [0.3, 0.4) is 0 Å². The molecule has 100 valence electrons. The Morgan fingerprint density at radius 1 is 1.47 bits per heavy atom. The van der Waals surface area contributed by atoms with Crippen molar-refractivity contribution in [1.29, 1.82) is 0 Å². The number of carbonyl (C=O) groups is 1. The van der Waals surface area contributed by atoms with Crippen LogP contribution in [0.5, 0.6) is 0 Å². The summed E-state index contributed by atoms with van der Waals surface area (Å²) in [5.41, 5.74) is 0.511. The van der Waals surface area contributed by atoms with Gasteiger partial charge in [0.05, 0.1) is 4.88 Å². The van der Waals surface area contributed by atoms with E-state index in [-0.39, 0.29) is 5.91 Å². The van der Waals surface area contributed by atoms with Crippen LogP contribution in [0.2, 0.25) is 0 Å². The van der Waals surface area contributed by atoms with Crippen LogP contribution in [0, 0.1) is 5.92 Å². The highest BCUT2D eigenvalue weighted by atomic mass is 79.9. The summed E-state index contributed by atoms with van der Waals surface area (Å²) < 4.78 is 1.05. The van der Waals surface area contributed by atoms with Crippen LogP contribution >= 0.6 is 38.6 Å². The minimum absolute atomic E-state index is 0.0787. The standard InChI is InChI=1S/C12H12BrN3OS2/c13-8-1-10(18-5-8)12-16-9(6-19-12)11(17)15-4-7-2-14-3-7/h1,5-7,14H,2-4H2,(H,15,17). The maximum atomic E-state index is 11.9. The van der Waals surface area contributed by atoms with Crippen molar-refractivity contribution in [3.8, 4) is 9.88 Å². The van der Waals surface area contributed by atoms with E-state index < -0.39 is 0 Å². The highest BCUT2D eigenvalue weighted by Gasteiger charge is 2.19. The summed E-state index contributed by atoms with van der Waals surface area (Å²) in [6, 6.07) is 2.02. The summed E-state index contributed by atoms with van der Waals surface area (Å²) in [4.78, 5) is 17.4. The predicted octanol–water partition coefficient (Wildman–Crippen LogP) is 2.58. The Morgan fingerprint density at radius 3 is 2.95 bits per heavy atom. The Hall–Kier alpha value is -0.760. The molecule has 7 heteroatoms. The molecule has 0 saturated carbocycles. The summed E-state index contributed by atoms with van der Waals surface area (Å²) >= 11 is 6.55. The molecule has 2 aromatic rings. The summed E-state index contributed by atoms with van der Waals surface area (Å²) in [7, 11) is 0. The van der Waals surface area contributed by atoms with E-state index in [2.05, 4.69) is 31.5 Å². The molecule has 0 spiro atoms. The van der Waals surface area contributed by atoms with Crippen molar-refractivity contribution in [2.75, 3.05) is 19.6 Å². The fraction of sp³-hybridized carbons (Fsp3) is 0.333. The van der Waals surface area contributed by atoms with Gasteiger partial charge in [-0.15, -0.1) is 22.7 Å². The number of hydrogen-bond donors (Lipinski definition) is 2. The number of hydrogen-bond acceptors (Lipinski definition) is 5. The van der Waals surface area contributed by atoms with Gasteiger partial charge in [-0.1, -0.05) is 0 Å². The van der Waals surface area contributed by atoms with Gasteiger partial charge in [0.2, 0.25) is 0 Å². The first-order chi connectivity index (χ1) is 9.22. The Balaban J connectivity index is 1.64. The van der Waals surface area contributed by atoms with Crippen LogP contribution in [0.4, 0.5) is 0 Å². The predicted molar refractivity (Wildman–Crippen MR) is 81.8 cm³/mol. The normalized spacial score (nSPS) is 15.2. The zero-order valence-electron chi connectivity index (χ0n) is 9.98. The lowest BCUT2D eigenvalue weighted by Crippen LogP contribution is -2.48. The molecule has 1 aliphatic rings. The molecule has 0 atom stereocenters. The van der Waals surface area contributed by atoms with Gasteiger partial charge in [0.25, 0.3) is 5.91 Å². The van der Waals surface area contributed by atoms with Crippen molar-refractivity contribution in [2.24, 2.45) is 5.92 Å². The maximum absolute atomic E-state index is 11.9. The van der Waals surface area contributed by atoms with E-state index >= 15 is 0 Å². The molecule has 2 aromatic heterocycles.